The zero-order chi connectivity index (χ0) is 18.4. The third kappa shape index (κ3) is 3.16. The average Bonchev–Trinajstić information content (AvgIpc) is 3.29. The van der Waals surface area contributed by atoms with Crippen LogP contribution in [0.2, 0.25) is 0 Å². The Morgan fingerprint density at radius 2 is 2.12 bits per heavy atom. The first-order valence-corrected chi connectivity index (χ1v) is 9.14. The molecule has 0 bridgehead atoms. The second-order valence-corrected chi connectivity index (χ2v) is 7.68. The summed E-state index contributed by atoms with van der Waals surface area (Å²) in [5.74, 6) is 0.248. The monoisotopic (exact) mass is 361 g/mol. The highest BCUT2D eigenvalue weighted by molar-refractivity contribution is 5.90. The van der Waals surface area contributed by atoms with Crippen LogP contribution in [0, 0.1) is 24.6 Å². The van der Waals surface area contributed by atoms with Gasteiger partial charge in [0.1, 0.15) is 11.9 Å². The van der Waals surface area contributed by atoms with Gasteiger partial charge in [-0.25, -0.2) is 9.18 Å². The van der Waals surface area contributed by atoms with Crippen molar-refractivity contribution in [2.75, 3.05) is 32.1 Å². The van der Waals surface area contributed by atoms with Gasteiger partial charge >= 0.3 is 6.03 Å². The average molecular weight is 361 g/mol. The number of amides is 3. The lowest BCUT2D eigenvalue weighted by atomic mass is 10.0. The largest absolute Gasteiger partial charge is 0.368 e. The smallest absolute Gasteiger partial charge is 0.321 e. The molecule has 1 aliphatic carbocycles. The van der Waals surface area contributed by atoms with Gasteiger partial charge < -0.3 is 19.9 Å². The van der Waals surface area contributed by atoms with Crippen LogP contribution in [0.1, 0.15) is 18.4 Å². The quantitative estimate of drug-likeness (QED) is 0.895. The van der Waals surface area contributed by atoms with Crippen molar-refractivity contribution in [3.05, 3.63) is 29.6 Å². The van der Waals surface area contributed by atoms with Gasteiger partial charge in [-0.2, -0.15) is 0 Å². The predicted molar refractivity (Wildman–Crippen MR) is 94.2 cm³/mol. The minimum Gasteiger partial charge on any atom is -0.368 e. The molecule has 0 aromatic heterocycles. The van der Waals surface area contributed by atoms with Gasteiger partial charge in [-0.15, -0.1) is 0 Å². The molecule has 0 unspecified atom stereocenters. The predicted octanol–water partition coefficient (Wildman–Crippen LogP) is 2.23. The number of halogens is 1. The molecule has 2 saturated heterocycles. The highest BCUT2D eigenvalue weighted by Crippen LogP contribution is 2.36. The Kier molecular flexibility index (Phi) is 4.34. The number of likely N-dealkylation sites (tertiary alicyclic amines) is 2. The van der Waals surface area contributed by atoms with E-state index in [2.05, 4.69) is 5.32 Å². The molecule has 4 rings (SSSR count). The molecule has 1 N–H and O–H groups in total. The summed E-state index contributed by atoms with van der Waals surface area (Å²) in [6, 6.07) is 4.35. The maximum Gasteiger partial charge on any atom is 0.321 e. The van der Waals surface area contributed by atoms with E-state index in [1.54, 1.807) is 35.9 Å². The number of rotatable bonds is 4. The van der Waals surface area contributed by atoms with Crippen LogP contribution in [0.4, 0.5) is 14.9 Å². The summed E-state index contributed by atoms with van der Waals surface area (Å²) in [4.78, 5) is 28.4. The number of ether oxygens (including phenoxy) is 1. The molecule has 7 heteroatoms. The number of hydrogen-bond acceptors (Lipinski definition) is 3. The van der Waals surface area contributed by atoms with Gasteiger partial charge in [0.15, 0.2) is 0 Å². The summed E-state index contributed by atoms with van der Waals surface area (Å²) in [6.07, 6.45) is 1.89. The van der Waals surface area contributed by atoms with Crippen LogP contribution in [0.25, 0.3) is 0 Å². The molecular formula is C19H24FN3O3. The number of likely N-dealkylation sites (N-methyl/N-ethyl adjacent to an activating group) is 1. The van der Waals surface area contributed by atoms with Crippen molar-refractivity contribution in [2.24, 2.45) is 11.8 Å². The molecule has 3 aliphatic rings. The standard InChI is InChI=1S/C19H24FN3O3/c1-11-3-6-13(7-15(11)20)21-19(25)23-8-14-16(9-23)22(2)18(24)17(14)26-10-12-4-5-12/h3,6-7,12,14,16-17H,4-5,8-10H2,1-2H3,(H,21,25)/t14-,16+,17-/m0/s1. The summed E-state index contributed by atoms with van der Waals surface area (Å²) in [5.41, 5.74) is 0.968. The summed E-state index contributed by atoms with van der Waals surface area (Å²) >= 11 is 0. The van der Waals surface area contributed by atoms with Crippen LogP contribution >= 0.6 is 0 Å². The molecule has 2 heterocycles. The maximum atomic E-state index is 13.7. The number of aryl methyl sites for hydroxylation is 1. The Bertz CT molecular complexity index is 737. The zero-order valence-corrected chi connectivity index (χ0v) is 15.1. The van der Waals surface area contributed by atoms with Crippen molar-refractivity contribution in [3.8, 4) is 0 Å². The molecule has 1 aromatic carbocycles. The molecule has 2 aliphatic heterocycles. The Labute approximate surface area is 152 Å². The van der Waals surface area contributed by atoms with E-state index in [-0.39, 0.29) is 29.7 Å². The lowest BCUT2D eigenvalue weighted by Crippen LogP contribution is -2.40. The summed E-state index contributed by atoms with van der Waals surface area (Å²) in [6.45, 7) is 3.24. The molecular weight excluding hydrogens is 337 g/mol. The first kappa shape index (κ1) is 17.3. The molecule has 3 amide bonds. The van der Waals surface area contributed by atoms with Crippen LogP contribution in [0.5, 0.6) is 0 Å². The van der Waals surface area contributed by atoms with Crippen LogP contribution < -0.4 is 5.32 Å². The molecule has 1 saturated carbocycles. The van der Waals surface area contributed by atoms with Gasteiger partial charge in [-0.05, 0) is 43.4 Å². The Morgan fingerprint density at radius 1 is 1.35 bits per heavy atom. The number of nitrogens with one attached hydrogen (secondary N) is 1. The highest BCUT2D eigenvalue weighted by atomic mass is 19.1. The van der Waals surface area contributed by atoms with E-state index >= 15 is 0 Å². The molecule has 1 aromatic rings. The van der Waals surface area contributed by atoms with Gasteiger partial charge in [0.05, 0.1) is 12.6 Å². The molecule has 6 nitrogen and oxygen atoms in total. The van der Waals surface area contributed by atoms with Crippen LogP contribution in [0.3, 0.4) is 0 Å². The van der Waals surface area contributed by atoms with E-state index in [1.165, 1.54) is 18.9 Å². The Morgan fingerprint density at radius 3 is 2.81 bits per heavy atom. The first-order valence-electron chi connectivity index (χ1n) is 9.14. The van der Waals surface area contributed by atoms with Crippen molar-refractivity contribution in [1.82, 2.24) is 9.80 Å². The number of hydrogen-bond donors (Lipinski definition) is 1. The van der Waals surface area contributed by atoms with E-state index < -0.39 is 6.10 Å². The van der Waals surface area contributed by atoms with Crippen molar-refractivity contribution >= 4 is 17.6 Å². The number of fused-ring (bicyclic) bond motifs is 1. The second-order valence-electron chi connectivity index (χ2n) is 7.68. The van der Waals surface area contributed by atoms with Crippen molar-refractivity contribution in [1.29, 1.82) is 0 Å². The molecule has 3 fully saturated rings. The number of carbonyl (C=O) groups is 2. The van der Waals surface area contributed by atoms with Gasteiger partial charge in [0.25, 0.3) is 5.91 Å². The van der Waals surface area contributed by atoms with Crippen LogP contribution in [0.15, 0.2) is 18.2 Å². The molecule has 26 heavy (non-hydrogen) atoms. The zero-order valence-electron chi connectivity index (χ0n) is 15.1. The molecule has 0 spiro atoms. The fraction of sp³-hybridized carbons (Fsp3) is 0.579. The number of urea groups is 1. The van der Waals surface area contributed by atoms with E-state index in [9.17, 15) is 14.0 Å². The number of benzene rings is 1. The van der Waals surface area contributed by atoms with Crippen LogP contribution in [-0.4, -0.2) is 60.6 Å². The third-order valence-electron chi connectivity index (χ3n) is 5.73. The maximum absolute atomic E-state index is 13.7. The van der Waals surface area contributed by atoms with E-state index in [0.717, 1.165) is 0 Å². The van der Waals surface area contributed by atoms with Gasteiger partial charge in [0.2, 0.25) is 0 Å². The Hall–Kier alpha value is -2.15. The van der Waals surface area contributed by atoms with Crippen molar-refractivity contribution in [3.63, 3.8) is 0 Å². The lowest BCUT2D eigenvalue weighted by molar-refractivity contribution is -0.138. The summed E-state index contributed by atoms with van der Waals surface area (Å²) in [7, 11) is 1.78. The topological polar surface area (TPSA) is 61.9 Å². The summed E-state index contributed by atoms with van der Waals surface area (Å²) < 4.78 is 19.6. The fourth-order valence-corrected chi connectivity index (χ4v) is 3.82. The van der Waals surface area contributed by atoms with Crippen molar-refractivity contribution < 1.29 is 18.7 Å². The number of anilines is 1. The SMILES string of the molecule is Cc1ccc(NC(=O)N2C[C@@H]3[C@H](OCC4CC4)C(=O)N(C)[C@@H]3C2)cc1F. The minimum atomic E-state index is -0.458. The minimum absolute atomic E-state index is 0.00764. The van der Waals surface area contributed by atoms with E-state index in [0.29, 0.717) is 36.9 Å². The Balaban J connectivity index is 1.40. The molecule has 140 valence electrons. The van der Waals surface area contributed by atoms with Gasteiger partial charge in [-0.1, -0.05) is 6.07 Å². The van der Waals surface area contributed by atoms with Gasteiger partial charge in [0, 0.05) is 31.7 Å². The fourth-order valence-electron chi connectivity index (χ4n) is 3.82. The van der Waals surface area contributed by atoms with Crippen molar-refractivity contribution in [2.45, 2.75) is 31.9 Å². The molecule has 3 atom stereocenters. The summed E-state index contributed by atoms with van der Waals surface area (Å²) in [5, 5.41) is 2.75. The molecule has 0 radical (unpaired) electrons. The first-order chi connectivity index (χ1) is 12.4. The van der Waals surface area contributed by atoms with Crippen LogP contribution in [-0.2, 0) is 9.53 Å². The number of nitrogens with zero attached hydrogens (tertiary/aromatic N) is 2. The third-order valence-corrected chi connectivity index (χ3v) is 5.73. The number of carbonyl (C=O) groups excluding carboxylic acids is 2. The lowest BCUT2D eigenvalue weighted by Gasteiger charge is -2.22. The second kappa shape index (κ2) is 6.54. The van der Waals surface area contributed by atoms with Gasteiger partial charge in [-0.3, -0.25) is 4.79 Å². The van der Waals surface area contributed by atoms with E-state index in [1.807, 2.05) is 0 Å². The highest BCUT2D eigenvalue weighted by Gasteiger charge is 2.53. The normalized spacial score (nSPS) is 27.8. The van der Waals surface area contributed by atoms with E-state index in [4.69, 9.17) is 4.74 Å².